The smallest absolute Gasteiger partial charge is 0.163 e. The van der Waals surface area contributed by atoms with Gasteiger partial charge in [-0.15, -0.1) is 0 Å². The van der Waals surface area contributed by atoms with Gasteiger partial charge in [0.1, 0.15) is 0 Å². The zero-order valence-corrected chi connectivity index (χ0v) is 13.3. The Labute approximate surface area is 126 Å². The normalized spacial score (nSPS) is 13.1. The largest absolute Gasteiger partial charge is 0.377 e. The van der Waals surface area contributed by atoms with Gasteiger partial charge in [0.25, 0.3) is 0 Å². The fourth-order valence-corrected chi connectivity index (χ4v) is 2.16. The lowest BCUT2D eigenvalue weighted by Gasteiger charge is -2.25. The Morgan fingerprint density at radius 2 is 2.00 bits per heavy atom. The minimum atomic E-state index is -0.804. The van der Waals surface area contributed by atoms with Crippen LogP contribution in [0.4, 0.5) is 8.78 Å². The second-order valence-corrected chi connectivity index (χ2v) is 5.44. The third kappa shape index (κ3) is 6.08. The Kier molecular flexibility index (Phi) is 7.78. The molecule has 0 radical (unpaired) electrons. The Bertz CT molecular complexity index is 427. The highest BCUT2D eigenvalue weighted by atomic mass is 19.2. The molecule has 0 spiro atoms. The summed E-state index contributed by atoms with van der Waals surface area (Å²) in [5.41, 5.74) is 0.369. The highest BCUT2D eigenvalue weighted by Gasteiger charge is 2.19. The number of ether oxygens (including phenoxy) is 1. The second kappa shape index (κ2) is 9.07. The van der Waals surface area contributed by atoms with Gasteiger partial charge in [-0.2, -0.15) is 0 Å². The van der Waals surface area contributed by atoms with Crippen LogP contribution in [-0.2, 0) is 4.74 Å². The lowest BCUT2D eigenvalue weighted by molar-refractivity contribution is 0.0622. The first-order chi connectivity index (χ1) is 9.95. The van der Waals surface area contributed by atoms with E-state index < -0.39 is 11.6 Å². The van der Waals surface area contributed by atoms with E-state index in [1.807, 2.05) is 27.8 Å². The number of hydrogen-bond acceptors (Lipinski definition) is 3. The first-order valence-corrected chi connectivity index (χ1v) is 7.43. The molecule has 3 nitrogen and oxygen atoms in total. The molecule has 0 aliphatic rings. The van der Waals surface area contributed by atoms with Crippen LogP contribution in [0.1, 0.15) is 32.4 Å². The van der Waals surface area contributed by atoms with Crippen molar-refractivity contribution in [2.24, 2.45) is 0 Å². The van der Waals surface area contributed by atoms with Crippen molar-refractivity contribution >= 4 is 0 Å². The molecule has 5 heteroatoms. The molecule has 0 saturated heterocycles. The van der Waals surface area contributed by atoms with Gasteiger partial charge in [0.2, 0.25) is 0 Å². The van der Waals surface area contributed by atoms with Crippen molar-refractivity contribution in [1.29, 1.82) is 0 Å². The molecule has 0 fully saturated rings. The first-order valence-electron chi connectivity index (χ1n) is 7.43. The summed E-state index contributed by atoms with van der Waals surface area (Å²) in [6, 6.07) is 4.07. The fourth-order valence-electron chi connectivity index (χ4n) is 2.16. The maximum atomic E-state index is 13.9. The van der Waals surface area contributed by atoms with Gasteiger partial charge in [0, 0.05) is 24.7 Å². The van der Waals surface area contributed by atoms with E-state index in [4.69, 9.17) is 4.74 Å². The predicted molar refractivity (Wildman–Crippen MR) is 81.4 cm³/mol. The number of rotatable bonds is 9. The van der Waals surface area contributed by atoms with E-state index in [9.17, 15) is 8.78 Å². The van der Waals surface area contributed by atoms with Crippen LogP contribution in [0.15, 0.2) is 18.2 Å². The summed E-state index contributed by atoms with van der Waals surface area (Å²) in [4.78, 5) is 2.06. The van der Waals surface area contributed by atoms with Crippen molar-refractivity contribution < 1.29 is 13.5 Å². The molecule has 1 unspecified atom stereocenters. The van der Waals surface area contributed by atoms with Crippen molar-refractivity contribution in [2.45, 2.75) is 32.9 Å². The summed E-state index contributed by atoms with van der Waals surface area (Å²) >= 11 is 0. The molecule has 0 bridgehead atoms. The van der Waals surface area contributed by atoms with Gasteiger partial charge in [-0.25, -0.2) is 8.78 Å². The number of benzene rings is 1. The Morgan fingerprint density at radius 3 is 2.62 bits per heavy atom. The van der Waals surface area contributed by atoms with Crippen molar-refractivity contribution in [3.8, 4) is 0 Å². The van der Waals surface area contributed by atoms with Crippen molar-refractivity contribution in [2.75, 3.05) is 33.3 Å². The molecule has 0 aromatic heterocycles. The monoisotopic (exact) mass is 300 g/mol. The molecule has 21 heavy (non-hydrogen) atoms. The van der Waals surface area contributed by atoms with Crippen molar-refractivity contribution in [1.82, 2.24) is 10.2 Å². The average molecular weight is 300 g/mol. The van der Waals surface area contributed by atoms with Gasteiger partial charge in [0.15, 0.2) is 11.6 Å². The first kappa shape index (κ1) is 18.0. The summed E-state index contributed by atoms with van der Waals surface area (Å²) in [6.07, 6.45) is 0.198. The van der Waals surface area contributed by atoms with Crippen LogP contribution in [-0.4, -0.2) is 44.3 Å². The molecule has 1 aromatic rings. The number of nitrogens with zero attached hydrogens (tertiary/aromatic N) is 1. The van der Waals surface area contributed by atoms with E-state index in [1.54, 1.807) is 12.1 Å². The van der Waals surface area contributed by atoms with Crippen molar-refractivity contribution in [3.63, 3.8) is 0 Å². The highest BCUT2D eigenvalue weighted by Crippen LogP contribution is 2.20. The average Bonchev–Trinajstić information content (AvgIpc) is 2.41. The van der Waals surface area contributed by atoms with Crippen LogP contribution in [0.5, 0.6) is 0 Å². The Balaban J connectivity index is 2.66. The van der Waals surface area contributed by atoms with E-state index >= 15 is 0 Å². The van der Waals surface area contributed by atoms with Crippen LogP contribution in [0.2, 0.25) is 0 Å². The lowest BCUT2D eigenvalue weighted by atomic mass is 10.1. The minimum Gasteiger partial charge on any atom is -0.377 e. The summed E-state index contributed by atoms with van der Waals surface area (Å²) in [5.74, 6) is -1.57. The van der Waals surface area contributed by atoms with Gasteiger partial charge in [-0.05, 0) is 33.5 Å². The molecule has 0 saturated carbocycles. The zero-order valence-electron chi connectivity index (χ0n) is 13.3. The number of halogens is 2. The standard InChI is InChI=1S/C16H26F2N2O/c1-5-19-15(11-20(4)9-10-21-12(2)3)13-7-6-8-14(17)16(13)18/h6-8,12,15,19H,5,9-11H2,1-4H3. The SMILES string of the molecule is CCNC(CN(C)CCOC(C)C)c1cccc(F)c1F. The van der Waals surface area contributed by atoms with Crippen LogP contribution in [0.3, 0.4) is 0 Å². The van der Waals surface area contributed by atoms with Gasteiger partial charge < -0.3 is 15.0 Å². The minimum absolute atomic E-state index is 0.198. The molecule has 1 atom stereocenters. The molecule has 1 aromatic carbocycles. The van der Waals surface area contributed by atoms with Gasteiger partial charge in [-0.3, -0.25) is 0 Å². The van der Waals surface area contributed by atoms with Crippen LogP contribution >= 0.6 is 0 Å². The summed E-state index contributed by atoms with van der Waals surface area (Å²) < 4.78 is 32.8. The molecule has 0 aliphatic carbocycles. The number of likely N-dealkylation sites (N-methyl/N-ethyl adjacent to an activating group) is 2. The van der Waals surface area contributed by atoms with E-state index in [-0.39, 0.29) is 12.1 Å². The van der Waals surface area contributed by atoms with E-state index in [0.717, 1.165) is 12.6 Å². The molecular weight excluding hydrogens is 274 g/mol. The summed E-state index contributed by atoms with van der Waals surface area (Å²) in [6.45, 7) is 8.58. The molecule has 120 valence electrons. The third-order valence-electron chi connectivity index (χ3n) is 3.23. The van der Waals surface area contributed by atoms with E-state index in [2.05, 4.69) is 10.2 Å². The highest BCUT2D eigenvalue weighted by molar-refractivity contribution is 5.23. The quantitative estimate of drug-likeness (QED) is 0.759. The number of nitrogens with one attached hydrogen (secondary N) is 1. The van der Waals surface area contributed by atoms with Gasteiger partial charge in [-0.1, -0.05) is 19.1 Å². The van der Waals surface area contributed by atoms with Crippen molar-refractivity contribution in [3.05, 3.63) is 35.4 Å². The maximum Gasteiger partial charge on any atom is 0.163 e. The van der Waals surface area contributed by atoms with Gasteiger partial charge >= 0.3 is 0 Å². The van der Waals surface area contributed by atoms with Gasteiger partial charge in [0.05, 0.1) is 12.7 Å². The second-order valence-electron chi connectivity index (χ2n) is 5.44. The molecule has 0 amide bonds. The van der Waals surface area contributed by atoms with E-state index in [0.29, 0.717) is 25.3 Å². The van der Waals surface area contributed by atoms with Crippen LogP contribution in [0.25, 0.3) is 0 Å². The maximum absolute atomic E-state index is 13.9. The molecule has 1 rings (SSSR count). The summed E-state index contributed by atoms with van der Waals surface area (Å²) in [7, 11) is 1.95. The molecule has 0 aliphatic heterocycles. The molecule has 1 N–H and O–H groups in total. The molecular formula is C16H26F2N2O. The third-order valence-corrected chi connectivity index (χ3v) is 3.23. The van der Waals surface area contributed by atoms with Crippen LogP contribution in [0, 0.1) is 11.6 Å². The fraction of sp³-hybridized carbons (Fsp3) is 0.625. The Morgan fingerprint density at radius 1 is 1.29 bits per heavy atom. The number of hydrogen-bond donors (Lipinski definition) is 1. The molecule has 0 heterocycles. The lowest BCUT2D eigenvalue weighted by Crippen LogP contribution is -2.35. The van der Waals surface area contributed by atoms with E-state index in [1.165, 1.54) is 0 Å². The Hall–Kier alpha value is -1.04. The summed E-state index contributed by atoms with van der Waals surface area (Å²) in [5, 5.41) is 3.21. The van der Waals surface area contributed by atoms with Crippen LogP contribution < -0.4 is 5.32 Å². The topological polar surface area (TPSA) is 24.5 Å². The zero-order chi connectivity index (χ0) is 15.8. The predicted octanol–water partition coefficient (Wildman–Crippen LogP) is 2.97.